The first-order chi connectivity index (χ1) is 14.7. The molecule has 0 aliphatic carbocycles. The molecule has 0 unspecified atom stereocenters. The van der Waals surface area contributed by atoms with Crippen LogP contribution in [0.5, 0.6) is 0 Å². The highest BCUT2D eigenvalue weighted by Crippen LogP contribution is 2.23. The third kappa shape index (κ3) is 3.86. The van der Waals surface area contributed by atoms with Crippen molar-refractivity contribution in [1.29, 1.82) is 0 Å². The fourth-order valence-corrected chi connectivity index (χ4v) is 3.91. The second-order valence-electron chi connectivity index (χ2n) is 6.98. The van der Waals surface area contributed by atoms with Crippen LogP contribution in [-0.4, -0.2) is 20.9 Å². The van der Waals surface area contributed by atoms with Gasteiger partial charge in [0.1, 0.15) is 5.69 Å². The molecule has 5 rings (SSSR count). The molecule has 30 heavy (non-hydrogen) atoms. The van der Waals surface area contributed by atoms with E-state index in [0.29, 0.717) is 6.42 Å². The molecule has 0 saturated carbocycles. The largest absolute Gasteiger partial charge is 0.337 e. The number of aromatic nitrogens is 3. The van der Waals surface area contributed by atoms with Crippen LogP contribution in [0.1, 0.15) is 5.56 Å². The van der Waals surface area contributed by atoms with E-state index >= 15 is 0 Å². The smallest absolute Gasteiger partial charge is 0.228 e. The summed E-state index contributed by atoms with van der Waals surface area (Å²) in [5.41, 5.74) is 8.32. The van der Waals surface area contributed by atoms with Crippen LogP contribution in [0.3, 0.4) is 0 Å². The molecular weight excluding hydrogens is 392 g/mol. The Bertz CT molecular complexity index is 1290. The number of benzene rings is 3. The van der Waals surface area contributed by atoms with E-state index in [1.807, 2.05) is 53.9 Å². The highest BCUT2D eigenvalue weighted by molar-refractivity contribution is 7.07. The van der Waals surface area contributed by atoms with Gasteiger partial charge in [0.15, 0.2) is 5.82 Å². The van der Waals surface area contributed by atoms with Crippen LogP contribution >= 0.6 is 11.3 Å². The summed E-state index contributed by atoms with van der Waals surface area (Å²) in [5.74, 6) is 0.675. The average Bonchev–Trinajstić information content (AvgIpc) is 3.44. The van der Waals surface area contributed by atoms with Crippen molar-refractivity contribution in [3.05, 3.63) is 89.3 Å². The predicted octanol–water partition coefficient (Wildman–Crippen LogP) is 5.53. The highest BCUT2D eigenvalue weighted by atomic mass is 32.1. The predicted molar refractivity (Wildman–Crippen MR) is 121 cm³/mol. The topological polar surface area (TPSA) is 70.7 Å². The van der Waals surface area contributed by atoms with E-state index in [1.165, 1.54) is 16.9 Å². The van der Waals surface area contributed by atoms with E-state index in [0.717, 1.165) is 39.4 Å². The maximum Gasteiger partial charge on any atom is 0.228 e. The van der Waals surface area contributed by atoms with E-state index in [4.69, 9.17) is 0 Å². The van der Waals surface area contributed by atoms with E-state index in [9.17, 15) is 4.79 Å². The van der Waals surface area contributed by atoms with Crippen LogP contribution in [0.2, 0.25) is 0 Å². The lowest BCUT2D eigenvalue weighted by Crippen LogP contribution is -2.14. The van der Waals surface area contributed by atoms with Crippen LogP contribution < -0.4 is 5.32 Å². The van der Waals surface area contributed by atoms with Gasteiger partial charge < -0.3 is 10.3 Å². The molecule has 2 N–H and O–H groups in total. The fourth-order valence-electron chi connectivity index (χ4n) is 3.37. The first-order valence-corrected chi connectivity index (χ1v) is 10.5. The summed E-state index contributed by atoms with van der Waals surface area (Å²) in [4.78, 5) is 24.6. The molecule has 0 spiro atoms. The number of anilines is 1. The van der Waals surface area contributed by atoms with E-state index in [2.05, 4.69) is 44.5 Å². The Balaban J connectivity index is 1.27. The molecule has 0 radical (unpaired) electrons. The summed E-state index contributed by atoms with van der Waals surface area (Å²) >= 11 is 1.53. The van der Waals surface area contributed by atoms with Gasteiger partial charge in [0.25, 0.3) is 0 Å². The number of amides is 1. The Morgan fingerprint density at radius 1 is 0.967 bits per heavy atom. The lowest BCUT2D eigenvalue weighted by molar-refractivity contribution is -0.115. The summed E-state index contributed by atoms with van der Waals surface area (Å²) in [5, 5.41) is 4.92. The molecule has 0 saturated heterocycles. The molecule has 146 valence electrons. The molecule has 5 aromatic rings. The lowest BCUT2D eigenvalue weighted by atomic mass is 10.0. The van der Waals surface area contributed by atoms with Gasteiger partial charge in [-0.2, -0.15) is 0 Å². The van der Waals surface area contributed by atoms with Crippen molar-refractivity contribution in [2.75, 3.05) is 5.32 Å². The molecule has 0 atom stereocenters. The minimum atomic E-state index is -0.0546. The van der Waals surface area contributed by atoms with Crippen molar-refractivity contribution in [2.45, 2.75) is 6.42 Å². The van der Waals surface area contributed by atoms with E-state index < -0.39 is 0 Å². The Kier molecular flexibility index (Phi) is 4.83. The minimum absolute atomic E-state index is 0.0546. The van der Waals surface area contributed by atoms with Crippen LogP contribution in [-0.2, 0) is 11.2 Å². The van der Waals surface area contributed by atoms with Crippen molar-refractivity contribution < 1.29 is 4.79 Å². The number of carbonyl (C=O) groups excluding carboxylic acids is 1. The summed E-state index contributed by atoms with van der Waals surface area (Å²) in [6.07, 6.45) is 0.320. The summed E-state index contributed by atoms with van der Waals surface area (Å²) in [7, 11) is 0. The summed E-state index contributed by atoms with van der Waals surface area (Å²) in [6.45, 7) is 0. The Morgan fingerprint density at radius 2 is 1.77 bits per heavy atom. The van der Waals surface area contributed by atoms with Gasteiger partial charge >= 0.3 is 0 Å². The first-order valence-electron chi connectivity index (χ1n) is 9.57. The molecule has 6 heteroatoms. The second-order valence-corrected chi connectivity index (χ2v) is 7.70. The molecule has 0 fully saturated rings. The van der Waals surface area contributed by atoms with Gasteiger partial charge in [0, 0.05) is 11.1 Å². The number of nitrogens with zero attached hydrogens (tertiary/aromatic N) is 2. The van der Waals surface area contributed by atoms with Crippen LogP contribution in [0.25, 0.3) is 33.7 Å². The first kappa shape index (κ1) is 18.3. The van der Waals surface area contributed by atoms with Gasteiger partial charge in [-0.05, 0) is 34.9 Å². The van der Waals surface area contributed by atoms with Crippen molar-refractivity contribution in [1.82, 2.24) is 15.0 Å². The summed E-state index contributed by atoms with van der Waals surface area (Å²) in [6, 6.07) is 24.0. The van der Waals surface area contributed by atoms with Gasteiger partial charge in [0.2, 0.25) is 5.91 Å². The van der Waals surface area contributed by atoms with Crippen molar-refractivity contribution >= 4 is 34.0 Å². The lowest BCUT2D eigenvalue weighted by Gasteiger charge is -2.07. The molecule has 0 aliphatic rings. The zero-order valence-corrected chi connectivity index (χ0v) is 16.8. The molecule has 2 heterocycles. The maximum atomic E-state index is 12.5. The number of hydrogen-bond acceptors (Lipinski definition) is 4. The van der Waals surface area contributed by atoms with E-state index in [-0.39, 0.29) is 5.91 Å². The molecule has 5 nitrogen and oxygen atoms in total. The number of rotatable bonds is 5. The summed E-state index contributed by atoms with van der Waals surface area (Å²) < 4.78 is 0. The third-order valence-electron chi connectivity index (χ3n) is 4.87. The number of hydrogen-bond donors (Lipinski definition) is 2. The van der Waals surface area contributed by atoms with E-state index in [1.54, 1.807) is 5.51 Å². The van der Waals surface area contributed by atoms with Crippen LogP contribution in [0, 0.1) is 0 Å². The van der Waals surface area contributed by atoms with Gasteiger partial charge in [-0.25, -0.2) is 9.97 Å². The number of H-pyrrole nitrogens is 1. The maximum absolute atomic E-state index is 12.5. The molecule has 0 aliphatic heterocycles. The number of nitrogens with one attached hydrogen (secondary N) is 2. The number of imidazole rings is 1. The molecule has 2 aromatic heterocycles. The number of carbonyl (C=O) groups is 1. The number of aromatic amines is 1. The second kappa shape index (κ2) is 7.93. The zero-order chi connectivity index (χ0) is 20.3. The molecule has 3 aromatic carbocycles. The zero-order valence-electron chi connectivity index (χ0n) is 16.0. The highest BCUT2D eigenvalue weighted by Gasteiger charge is 2.09. The fraction of sp³-hybridized carbons (Fsp3) is 0.0417. The van der Waals surface area contributed by atoms with Gasteiger partial charge in [-0.1, -0.05) is 54.6 Å². The van der Waals surface area contributed by atoms with Crippen LogP contribution in [0.4, 0.5) is 5.69 Å². The van der Waals surface area contributed by atoms with Crippen molar-refractivity contribution in [3.8, 4) is 22.6 Å². The quantitative estimate of drug-likeness (QED) is 0.400. The monoisotopic (exact) mass is 410 g/mol. The minimum Gasteiger partial charge on any atom is -0.337 e. The van der Waals surface area contributed by atoms with Crippen molar-refractivity contribution in [2.24, 2.45) is 0 Å². The number of thiazole rings is 1. The van der Waals surface area contributed by atoms with Gasteiger partial charge in [0.05, 0.1) is 23.0 Å². The third-order valence-corrected chi connectivity index (χ3v) is 5.45. The number of fused-ring (bicyclic) bond motifs is 1. The standard InChI is InChI=1S/C24H18N4OS/c29-23(12-16-6-8-18(9-7-16)17-4-2-1-3-5-17)26-19-10-11-20-21(13-19)28-24(27-20)22-14-30-15-25-22/h1-11,13-15H,12H2,(H,26,29)(H,27,28). The SMILES string of the molecule is O=C(Cc1ccc(-c2ccccc2)cc1)Nc1ccc2nc(-c3cscn3)[nH]c2c1. The Morgan fingerprint density at radius 3 is 2.53 bits per heavy atom. The normalized spacial score (nSPS) is 10.9. The molecule has 1 amide bonds. The van der Waals surface area contributed by atoms with Crippen LogP contribution in [0.15, 0.2) is 83.7 Å². The molecular formula is C24H18N4OS. The Hall–Kier alpha value is -3.77. The average molecular weight is 411 g/mol. The molecule has 0 bridgehead atoms. The Labute approximate surface area is 177 Å². The van der Waals surface area contributed by atoms with Gasteiger partial charge in [-0.3, -0.25) is 4.79 Å². The van der Waals surface area contributed by atoms with Crippen molar-refractivity contribution in [3.63, 3.8) is 0 Å². The van der Waals surface area contributed by atoms with Gasteiger partial charge in [-0.15, -0.1) is 11.3 Å².